The van der Waals surface area contributed by atoms with Crippen molar-refractivity contribution in [3.63, 3.8) is 0 Å². The van der Waals surface area contributed by atoms with E-state index in [1.165, 1.54) is 24.4 Å². The molecule has 1 aliphatic rings. The minimum absolute atomic E-state index is 0.0288. The van der Waals surface area contributed by atoms with E-state index in [1.54, 1.807) is 12.1 Å². The number of ether oxygens (including phenoxy) is 2. The van der Waals surface area contributed by atoms with Gasteiger partial charge in [0.1, 0.15) is 13.2 Å². The number of pyridine rings is 1. The second-order valence-corrected chi connectivity index (χ2v) is 7.35. The topological polar surface area (TPSA) is 136 Å². The van der Waals surface area contributed by atoms with Gasteiger partial charge in [-0.2, -0.15) is 4.98 Å². The SMILES string of the molecule is O=c1cc(-c2noc(CNS(=O)(=O)c3ccc4c(c3)OCCO4)n2)cc[nH]1. The minimum atomic E-state index is -3.82. The second kappa shape index (κ2) is 6.85. The predicted octanol–water partition coefficient (Wildman–Crippen LogP) is 0.675. The third kappa shape index (κ3) is 3.68. The Morgan fingerprint density at radius 1 is 1.11 bits per heavy atom. The van der Waals surface area contributed by atoms with Gasteiger partial charge in [0.25, 0.3) is 0 Å². The van der Waals surface area contributed by atoms with E-state index >= 15 is 0 Å². The van der Waals surface area contributed by atoms with Crippen molar-refractivity contribution in [2.75, 3.05) is 13.2 Å². The molecule has 0 saturated heterocycles. The van der Waals surface area contributed by atoms with Crippen molar-refractivity contribution in [2.45, 2.75) is 11.4 Å². The number of hydrogen-bond acceptors (Lipinski definition) is 8. The second-order valence-electron chi connectivity index (χ2n) is 5.58. The molecule has 3 heterocycles. The molecule has 0 bridgehead atoms. The Labute approximate surface area is 153 Å². The molecule has 0 saturated carbocycles. The van der Waals surface area contributed by atoms with E-state index in [9.17, 15) is 13.2 Å². The van der Waals surface area contributed by atoms with Gasteiger partial charge in [-0.15, -0.1) is 0 Å². The summed E-state index contributed by atoms with van der Waals surface area (Å²) in [7, 11) is -3.82. The molecule has 10 nitrogen and oxygen atoms in total. The molecule has 2 N–H and O–H groups in total. The van der Waals surface area contributed by atoms with Crippen LogP contribution in [0.5, 0.6) is 11.5 Å². The number of sulfonamides is 1. The van der Waals surface area contributed by atoms with Crippen molar-refractivity contribution in [1.29, 1.82) is 0 Å². The van der Waals surface area contributed by atoms with Gasteiger partial charge in [0.05, 0.1) is 11.4 Å². The van der Waals surface area contributed by atoms with E-state index in [2.05, 4.69) is 19.8 Å². The highest BCUT2D eigenvalue weighted by Crippen LogP contribution is 2.32. The smallest absolute Gasteiger partial charge is 0.248 e. The zero-order valence-electron chi connectivity index (χ0n) is 13.8. The Morgan fingerprint density at radius 2 is 1.93 bits per heavy atom. The van der Waals surface area contributed by atoms with Crippen LogP contribution in [-0.4, -0.2) is 36.8 Å². The summed E-state index contributed by atoms with van der Waals surface area (Å²) in [5, 5.41) is 3.75. The van der Waals surface area contributed by atoms with Gasteiger partial charge in [-0.1, -0.05) is 5.16 Å². The summed E-state index contributed by atoms with van der Waals surface area (Å²) in [6.45, 7) is 0.577. The summed E-state index contributed by atoms with van der Waals surface area (Å²) in [4.78, 5) is 17.9. The number of H-pyrrole nitrogens is 1. The summed E-state index contributed by atoms with van der Waals surface area (Å²) >= 11 is 0. The van der Waals surface area contributed by atoms with Crippen LogP contribution in [0.1, 0.15) is 5.89 Å². The number of hydrogen-bond donors (Lipinski definition) is 2. The van der Waals surface area contributed by atoms with Gasteiger partial charge in [-0.25, -0.2) is 13.1 Å². The molecule has 11 heteroatoms. The first kappa shape index (κ1) is 17.2. The van der Waals surface area contributed by atoms with Crippen molar-refractivity contribution >= 4 is 10.0 Å². The quantitative estimate of drug-likeness (QED) is 0.649. The standard InChI is InChI=1S/C16H14N4O6S/c21-14-7-10(3-4-17-14)16-19-15(26-20-16)9-18-27(22,23)11-1-2-12-13(8-11)25-6-5-24-12/h1-4,7-8,18H,5-6,9H2,(H,17,21). The van der Waals surface area contributed by atoms with Gasteiger partial charge < -0.3 is 19.0 Å². The lowest BCUT2D eigenvalue weighted by molar-refractivity contribution is 0.171. The number of benzene rings is 1. The van der Waals surface area contributed by atoms with Gasteiger partial charge in [0.2, 0.25) is 27.3 Å². The van der Waals surface area contributed by atoms with Gasteiger partial charge >= 0.3 is 0 Å². The van der Waals surface area contributed by atoms with Crippen LogP contribution >= 0.6 is 0 Å². The molecule has 1 aliphatic heterocycles. The molecule has 0 fully saturated rings. The predicted molar refractivity (Wildman–Crippen MR) is 91.8 cm³/mol. The van der Waals surface area contributed by atoms with Crippen LogP contribution in [0.2, 0.25) is 0 Å². The first-order chi connectivity index (χ1) is 13.0. The highest BCUT2D eigenvalue weighted by molar-refractivity contribution is 7.89. The van der Waals surface area contributed by atoms with E-state index in [0.717, 1.165) is 0 Å². The minimum Gasteiger partial charge on any atom is -0.486 e. The molecule has 27 heavy (non-hydrogen) atoms. The number of aromatic amines is 1. The maximum atomic E-state index is 12.5. The van der Waals surface area contributed by atoms with Crippen molar-refractivity contribution < 1.29 is 22.4 Å². The molecule has 0 spiro atoms. The summed E-state index contributed by atoms with van der Waals surface area (Å²) < 4.78 is 43.1. The lowest BCUT2D eigenvalue weighted by Crippen LogP contribution is -2.24. The van der Waals surface area contributed by atoms with E-state index in [0.29, 0.717) is 30.3 Å². The lowest BCUT2D eigenvalue weighted by atomic mass is 10.2. The van der Waals surface area contributed by atoms with Crippen molar-refractivity contribution in [1.82, 2.24) is 19.8 Å². The van der Waals surface area contributed by atoms with Crippen LogP contribution in [0.4, 0.5) is 0 Å². The fraction of sp³-hybridized carbons (Fsp3) is 0.188. The monoisotopic (exact) mass is 390 g/mol. The molecule has 0 amide bonds. The van der Waals surface area contributed by atoms with Gasteiger partial charge in [0, 0.05) is 23.9 Å². The molecule has 140 valence electrons. The van der Waals surface area contributed by atoms with Crippen molar-refractivity contribution in [3.05, 3.63) is 52.8 Å². The average molecular weight is 390 g/mol. The van der Waals surface area contributed by atoms with Crippen LogP contribution in [0.15, 0.2) is 50.7 Å². The fourth-order valence-corrected chi connectivity index (χ4v) is 3.45. The average Bonchev–Trinajstić information content (AvgIpc) is 3.15. The number of aromatic nitrogens is 3. The largest absolute Gasteiger partial charge is 0.486 e. The van der Waals surface area contributed by atoms with E-state index < -0.39 is 10.0 Å². The van der Waals surface area contributed by atoms with Gasteiger partial charge in [0.15, 0.2) is 11.5 Å². The van der Waals surface area contributed by atoms with E-state index in [-0.39, 0.29) is 28.7 Å². The Morgan fingerprint density at radius 3 is 2.74 bits per heavy atom. The summed E-state index contributed by atoms with van der Waals surface area (Å²) in [6, 6.07) is 7.28. The number of nitrogens with one attached hydrogen (secondary N) is 2. The highest BCUT2D eigenvalue weighted by atomic mass is 32.2. The van der Waals surface area contributed by atoms with Gasteiger partial charge in [-0.3, -0.25) is 4.79 Å². The molecule has 3 aromatic rings. The molecule has 0 atom stereocenters. The first-order valence-corrected chi connectivity index (χ1v) is 9.41. The maximum Gasteiger partial charge on any atom is 0.248 e. The molecule has 0 radical (unpaired) electrons. The summed E-state index contributed by atoms with van der Waals surface area (Å²) in [6.07, 6.45) is 1.46. The summed E-state index contributed by atoms with van der Waals surface area (Å²) in [5.74, 6) is 1.12. The van der Waals surface area contributed by atoms with E-state index in [4.69, 9.17) is 14.0 Å². The molecule has 0 aliphatic carbocycles. The molecule has 2 aromatic heterocycles. The van der Waals surface area contributed by atoms with Gasteiger partial charge in [-0.05, 0) is 18.2 Å². The zero-order chi connectivity index (χ0) is 18.9. The van der Waals surface area contributed by atoms with Crippen LogP contribution in [0.25, 0.3) is 11.4 Å². The molecule has 4 rings (SSSR count). The van der Waals surface area contributed by atoms with Crippen LogP contribution < -0.4 is 19.8 Å². The number of rotatable bonds is 5. The molecule has 1 aromatic carbocycles. The zero-order valence-corrected chi connectivity index (χ0v) is 14.7. The van der Waals surface area contributed by atoms with Crippen LogP contribution in [0.3, 0.4) is 0 Å². The third-order valence-corrected chi connectivity index (χ3v) is 5.14. The molecule has 0 unspecified atom stereocenters. The Hall–Kier alpha value is -3.18. The molecular weight excluding hydrogens is 376 g/mol. The van der Waals surface area contributed by atoms with Crippen LogP contribution in [0, 0.1) is 0 Å². The van der Waals surface area contributed by atoms with Crippen LogP contribution in [-0.2, 0) is 16.6 Å². The maximum absolute atomic E-state index is 12.5. The Balaban J connectivity index is 1.49. The van der Waals surface area contributed by atoms with E-state index in [1.807, 2.05) is 0 Å². The first-order valence-electron chi connectivity index (χ1n) is 7.92. The third-order valence-electron chi connectivity index (χ3n) is 3.74. The number of fused-ring (bicyclic) bond motifs is 1. The number of nitrogens with zero attached hydrogens (tertiary/aromatic N) is 2. The highest BCUT2D eigenvalue weighted by Gasteiger charge is 2.20. The Kier molecular flexibility index (Phi) is 4.38. The van der Waals surface area contributed by atoms with Crippen molar-refractivity contribution in [3.8, 4) is 22.9 Å². The molecular formula is C16H14N4O6S. The normalized spacial score (nSPS) is 13.5. The Bertz CT molecular complexity index is 1140. The fourth-order valence-electron chi connectivity index (χ4n) is 2.46. The van der Waals surface area contributed by atoms with Crippen molar-refractivity contribution in [2.24, 2.45) is 0 Å². The summed E-state index contributed by atoms with van der Waals surface area (Å²) in [5.41, 5.74) is 0.154. The lowest BCUT2D eigenvalue weighted by Gasteiger charge is -2.18.